The number of pyridine rings is 1. The molecule has 2 rings (SSSR count). The van der Waals surface area contributed by atoms with Crippen LogP contribution in [0.25, 0.3) is 0 Å². The Hall–Kier alpha value is -1.11. The molecule has 1 aliphatic rings. The number of nitrogens with zero attached hydrogens (tertiary/aromatic N) is 1. The molecule has 3 nitrogen and oxygen atoms in total. The van der Waals surface area contributed by atoms with Crippen molar-refractivity contribution >= 4 is 17.4 Å². The molecule has 0 spiro atoms. The van der Waals surface area contributed by atoms with Crippen LogP contribution in [-0.4, -0.2) is 35.3 Å². The lowest BCUT2D eigenvalue weighted by molar-refractivity contribution is -0.154. The van der Waals surface area contributed by atoms with Gasteiger partial charge in [-0.15, -0.1) is 0 Å². The Kier molecular flexibility index (Phi) is 4.21. The summed E-state index contributed by atoms with van der Waals surface area (Å²) >= 11 is 1.88. The summed E-state index contributed by atoms with van der Waals surface area (Å²) in [5.41, 5.74) is 0.807. The van der Waals surface area contributed by atoms with Crippen LogP contribution in [0.4, 0.5) is 18.9 Å². The third-order valence-electron chi connectivity index (χ3n) is 2.42. The van der Waals surface area contributed by atoms with Crippen molar-refractivity contribution in [1.82, 2.24) is 4.98 Å². The van der Waals surface area contributed by atoms with Gasteiger partial charge in [-0.25, -0.2) is 4.98 Å². The van der Waals surface area contributed by atoms with Gasteiger partial charge in [-0.2, -0.15) is 24.9 Å². The number of hydrogen-bond acceptors (Lipinski definition) is 4. The lowest BCUT2D eigenvalue weighted by atomic mass is 10.2. The van der Waals surface area contributed by atoms with Crippen molar-refractivity contribution in [3.63, 3.8) is 0 Å². The van der Waals surface area contributed by atoms with Gasteiger partial charge < -0.3 is 10.1 Å². The molecule has 1 aromatic rings. The number of thioether (sulfide) groups is 1. The Labute approximate surface area is 107 Å². The minimum atomic E-state index is -4.33. The van der Waals surface area contributed by atoms with Crippen LogP contribution in [0.3, 0.4) is 0 Å². The van der Waals surface area contributed by atoms with Crippen molar-refractivity contribution in [2.24, 2.45) is 0 Å². The number of nitrogens with one attached hydrogen (secondary N) is 1. The number of aromatic nitrogens is 1. The molecule has 0 saturated carbocycles. The summed E-state index contributed by atoms with van der Waals surface area (Å²) in [6, 6.07) is 3.54. The number of rotatable bonds is 4. The summed E-state index contributed by atoms with van der Waals surface area (Å²) < 4.78 is 40.3. The molecular weight excluding hydrogens is 265 g/mol. The van der Waals surface area contributed by atoms with E-state index in [9.17, 15) is 13.2 Å². The monoisotopic (exact) mass is 278 g/mol. The van der Waals surface area contributed by atoms with E-state index >= 15 is 0 Å². The van der Waals surface area contributed by atoms with Gasteiger partial charge in [-0.05, 0) is 18.2 Å². The second-order valence-electron chi connectivity index (χ2n) is 3.99. The van der Waals surface area contributed by atoms with E-state index in [4.69, 9.17) is 0 Å². The highest BCUT2D eigenvalue weighted by atomic mass is 32.2. The molecule has 1 atom stereocenters. The molecule has 0 radical (unpaired) electrons. The first-order valence-corrected chi connectivity index (χ1v) is 6.68. The molecule has 1 saturated heterocycles. The average molecular weight is 278 g/mol. The SMILES string of the molecule is FC(F)(F)COc1ccc(NC2CCSC2)cn1. The normalized spacial score (nSPS) is 19.8. The van der Waals surface area contributed by atoms with E-state index in [1.165, 1.54) is 12.3 Å². The summed E-state index contributed by atoms with van der Waals surface area (Å²) in [6.07, 6.45) is -1.74. The van der Waals surface area contributed by atoms with E-state index in [1.807, 2.05) is 11.8 Å². The minimum absolute atomic E-state index is 0.0151. The fourth-order valence-electron chi connectivity index (χ4n) is 1.59. The Balaban J connectivity index is 1.85. The molecule has 0 bridgehead atoms. The van der Waals surface area contributed by atoms with Crippen LogP contribution in [0.2, 0.25) is 0 Å². The summed E-state index contributed by atoms with van der Waals surface area (Å²) in [5, 5.41) is 3.28. The predicted octanol–water partition coefficient (Wildman–Crippen LogP) is 2.94. The zero-order valence-electron chi connectivity index (χ0n) is 9.54. The molecular formula is C11H13F3N2OS. The Morgan fingerprint density at radius 2 is 2.28 bits per heavy atom. The van der Waals surface area contributed by atoms with Gasteiger partial charge in [0.05, 0.1) is 11.9 Å². The number of anilines is 1. The molecule has 0 aliphatic carbocycles. The van der Waals surface area contributed by atoms with E-state index in [1.54, 1.807) is 6.07 Å². The maximum atomic E-state index is 11.9. The lowest BCUT2D eigenvalue weighted by Gasteiger charge is -2.13. The van der Waals surface area contributed by atoms with Crippen LogP contribution in [-0.2, 0) is 0 Å². The summed E-state index contributed by atoms with van der Waals surface area (Å²) in [6.45, 7) is -1.31. The van der Waals surface area contributed by atoms with Crippen molar-refractivity contribution in [3.8, 4) is 5.88 Å². The zero-order valence-corrected chi connectivity index (χ0v) is 10.4. The summed E-state index contributed by atoms with van der Waals surface area (Å²) in [5.74, 6) is 2.17. The van der Waals surface area contributed by atoms with Crippen LogP contribution in [0.5, 0.6) is 5.88 Å². The first-order valence-electron chi connectivity index (χ1n) is 5.53. The van der Waals surface area contributed by atoms with E-state index < -0.39 is 12.8 Å². The molecule has 1 aromatic heterocycles. The molecule has 7 heteroatoms. The molecule has 18 heavy (non-hydrogen) atoms. The third-order valence-corrected chi connectivity index (χ3v) is 3.58. The van der Waals surface area contributed by atoms with Gasteiger partial charge in [0.15, 0.2) is 6.61 Å². The topological polar surface area (TPSA) is 34.1 Å². The highest BCUT2D eigenvalue weighted by Crippen LogP contribution is 2.22. The van der Waals surface area contributed by atoms with Crippen LogP contribution < -0.4 is 10.1 Å². The number of alkyl halides is 3. The van der Waals surface area contributed by atoms with Crippen molar-refractivity contribution in [2.45, 2.75) is 18.6 Å². The van der Waals surface area contributed by atoms with E-state index in [0.717, 1.165) is 23.6 Å². The first-order chi connectivity index (χ1) is 8.53. The molecule has 0 amide bonds. The van der Waals surface area contributed by atoms with Gasteiger partial charge in [-0.3, -0.25) is 0 Å². The smallest absolute Gasteiger partial charge is 0.422 e. The van der Waals surface area contributed by atoms with E-state index in [0.29, 0.717) is 6.04 Å². The first kappa shape index (κ1) is 13.3. The van der Waals surface area contributed by atoms with Gasteiger partial charge in [0, 0.05) is 17.9 Å². The van der Waals surface area contributed by atoms with Crippen LogP contribution >= 0.6 is 11.8 Å². The molecule has 1 N–H and O–H groups in total. The van der Waals surface area contributed by atoms with Crippen molar-refractivity contribution in [3.05, 3.63) is 18.3 Å². The largest absolute Gasteiger partial charge is 0.468 e. The maximum Gasteiger partial charge on any atom is 0.422 e. The Bertz CT molecular complexity index is 377. The molecule has 0 aromatic carbocycles. The van der Waals surface area contributed by atoms with Gasteiger partial charge in [0.1, 0.15) is 0 Å². The van der Waals surface area contributed by atoms with Gasteiger partial charge >= 0.3 is 6.18 Å². The highest BCUT2D eigenvalue weighted by molar-refractivity contribution is 7.99. The average Bonchev–Trinajstić information content (AvgIpc) is 2.80. The molecule has 1 fully saturated rings. The number of hydrogen-bond donors (Lipinski definition) is 1. The van der Waals surface area contributed by atoms with Crippen molar-refractivity contribution < 1.29 is 17.9 Å². The zero-order chi connectivity index (χ0) is 13.0. The fraction of sp³-hybridized carbons (Fsp3) is 0.545. The molecule has 1 aliphatic heterocycles. The van der Waals surface area contributed by atoms with Crippen LogP contribution in [0, 0.1) is 0 Å². The van der Waals surface area contributed by atoms with Crippen molar-refractivity contribution in [1.29, 1.82) is 0 Å². The minimum Gasteiger partial charge on any atom is -0.468 e. The lowest BCUT2D eigenvalue weighted by Crippen LogP contribution is -2.20. The highest BCUT2D eigenvalue weighted by Gasteiger charge is 2.28. The number of halogens is 3. The van der Waals surface area contributed by atoms with Crippen molar-refractivity contribution in [2.75, 3.05) is 23.4 Å². The summed E-state index contributed by atoms with van der Waals surface area (Å²) in [4.78, 5) is 3.83. The Morgan fingerprint density at radius 3 is 2.83 bits per heavy atom. The predicted molar refractivity (Wildman–Crippen MR) is 65.1 cm³/mol. The fourth-order valence-corrected chi connectivity index (χ4v) is 2.74. The van der Waals surface area contributed by atoms with Crippen LogP contribution in [0.15, 0.2) is 18.3 Å². The van der Waals surface area contributed by atoms with Gasteiger partial charge in [-0.1, -0.05) is 0 Å². The molecule has 1 unspecified atom stereocenters. The van der Waals surface area contributed by atoms with E-state index in [2.05, 4.69) is 15.0 Å². The standard InChI is InChI=1S/C11H13F3N2OS/c12-11(13,14)7-17-10-2-1-8(5-15-10)16-9-3-4-18-6-9/h1-2,5,9,16H,3-4,6-7H2. The second kappa shape index (κ2) is 5.69. The second-order valence-corrected chi connectivity index (χ2v) is 5.14. The third kappa shape index (κ3) is 4.29. The number of ether oxygens (including phenoxy) is 1. The summed E-state index contributed by atoms with van der Waals surface area (Å²) in [7, 11) is 0. The maximum absolute atomic E-state index is 11.9. The van der Waals surface area contributed by atoms with Crippen LogP contribution in [0.1, 0.15) is 6.42 Å². The van der Waals surface area contributed by atoms with Gasteiger partial charge in [0.2, 0.25) is 5.88 Å². The Morgan fingerprint density at radius 1 is 1.44 bits per heavy atom. The molecule has 2 heterocycles. The quantitative estimate of drug-likeness (QED) is 0.918. The van der Waals surface area contributed by atoms with E-state index in [-0.39, 0.29) is 5.88 Å². The molecule has 100 valence electrons. The van der Waals surface area contributed by atoms with Gasteiger partial charge in [0.25, 0.3) is 0 Å².